The van der Waals surface area contributed by atoms with E-state index in [1.54, 1.807) is 33.5 Å². The molecule has 0 unspecified atom stereocenters. The smallest absolute Gasteiger partial charge is 0.321 e. The van der Waals surface area contributed by atoms with Crippen molar-refractivity contribution in [3.05, 3.63) is 60.2 Å². The van der Waals surface area contributed by atoms with Crippen LogP contribution in [0, 0.1) is 0 Å². The van der Waals surface area contributed by atoms with Crippen LogP contribution in [0.2, 0.25) is 0 Å². The number of hydrogen-bond acceptors (Lipinski definition) is 4. The summed E-state index contributed by atoms with van der Waals surface area (Å²) in [5.74, 6) is 0. The quantitative estimate of drug-likeness (QED) is 0.795. The number of sulfonamides is 1. The molecule has 7 nitrogen and oxygen atoms in total. The Bertz CT molecular complexity index is 950. The zero-order valence-electron chi connectivity index (χ0n) is 17.0. The van der Waals surface area contributed by atoms with Gasteiger partial charge in [0.1, 0.15) is 0 Å². The van der Waals surface area contributed by atoms with E-state index in [1.165, 1.54) is 5.56 Å². The summed E-state index contributed by atoms with van der Waals surface area (Å²) in [5, 5.41) is 2.84. The number of rotatable bonds is 5. The normalized spacial score (nSPS) is 18.5. The van der Waals surface area contributed by atoms with Crippen molar-refractivity contribution in [3.8, 4) is 0 Å². The first kappa shape index (κ1) is 20.8. The van der Waals surface area contributed by atoms with Crippen molar-refractivity contribution in [2.24, 2.45) is 0 Å². The average molecular weight is 429 g/mol. The van der Waals surface area contributed by atoms with Gasteiger partial charge in [-0.05, 0) is 42.7 Å². The number of nitrogens with zero attached hydrogens (tertiary/aromatic N) is 3. The molecule has 2 aliphatic heterocycles. The molecule has 2 amide bonds. The first-order chi connectivity index (χ1) is 14.5. The molecule has 2 aromatic carbocycles. The maximum atomic E-state index is 13.0. The first-order valence-electron chi connectivity index (χ1n) is 10.4. The molecule has 2 heterocycles. The Kier molecular flexibility index (Phi) is 6.36. The summed E-state index contributed by atoms with van der Waals surface area (Å²) in [6.45, 7) is 4.74. The van der Waals surface area contributed by atoms with E-state index in [9.17, 15) is 13.2 Å². The molecular formula is C22H28N4O3S. The molecule has 30 heavy (non-hydrogen) atoms. The maximum Gasteiger partial charge on any atom is 0.321 e. The summed E-state index contributed by atoms with van der Waals surface area (Å²) in [6, 6.07) is 16.6. The molecule has 8 heteroatoms. The molecule has 0 aromatic heterocycles. The third-order valence-electron chi connectivity index (χ3n) is 5.72. The summed E-state index contributed by atoms with van der Waals surface area (Å²) in [7, 11) is -3.54. The molecule has 4 rings (SSSR count). The van der Waals surface area contributed by atoms with Crippen molar-refractivity contribution < 1.29 is 13.2 Å². The molecule has 0 spiro atoms. The van der Waals surface area contributed by atoms with Gasteiger partial charge in [0, 0.05) is 51.5 Å². The second kappa shape index (κ2) is 9.16. The van der Waals surface area contributed by atoms with Gasteiger partial charge in [-0.3, -0.25) is 4.90 Å². The highest BCUT2D eigenvalue weighted by atomic mass is 32.2. The van der Waals surface area contributed by atoms with Gasteiger partial charge in [0.15, 0.2) is 0 Å². The molecule has 2 saturated heterocycles. The van der Waals surface area contributed by atoms with E-state index in [-0.39, 0.29) is 10.9 Å². The van der Waals surface area contributed by atoms with E-state index in [0.29, 0.717) is 31.9 Å². The van der Waals surface area contributed by atoms with Crippen molar-refractivity contribution in [1.82, 2.24) is 14.1 Å². The predicted octanol–water partition coefficient (Wildman–Crippen LogP) is 2.82. The summed E-state index contributed by atoms with van der Waals surface area (Å²) in [4.78, 5) is 16.5. The van der Waals surface area contributed by atoms with Gasteiger partial charge in [0.25, 0.3) is 0 Å². The molecule has 2 aliphatic rings. The minimum atomic E-state index is -3.54. The molecule has 1 N–H and O–H groups in total. The number of carbonyl (C=O) groups is 1. The van der Waals surface area contributed by atoms with Crippen molar-refractivity contribution in [3.63, 3.8) is 0 Å². The highest BCUT2D eigenvalue weighted by molar-refractivity contribution is 7.89. The monoisotopic (exact) mass is 428 g/mol. The molecule has 2 fully saturated rings. The standard InChI is InChI=1S/C22H28N4O3S/c27-22(25-12-4-5-13-25)23-20-8-10-21(11-9-20)30(28,29)26-16-14-24(15-17-26)18-19-6-2-1-3-7-19/h1-3,6-11H,4-5,12-18H2,(H,23,27). The second-order valence-electron chi connectivity index (χ2n) is 7.81. The number of likely N-dealkylation sites (tertiary alicyclic amines) is 1. The lowest BCUT2D eigenvalue weighted by Gasteiger charge is -2.34. The highest BCUT2D eigenvalue weighted by Gasteiger charge is 2.28. The second-order valence-corrected chi connectivity index (χ2v) is 9.75. The number of nitrogens with one attached hydrogen (secondary N) is 1. The Morgan fingerprint density at radius 1 is 0.833 bits per heavy atom. The van der Waals surface area contributed by atoms with E-state index >= 15 is 0 Å². The van der Waals surface area contributed by atoms with Gasteiger partial charge in [0.05, 0.1) is 4.90 Å². The zero-order valence-corrected chi connectivity index (χ0v) is 17.9. The van der Waals surface area contributed by atoms with Gasteiger partial charge in [-0.1, -0.05) is 30.3 Å². The van der Waals surface area contributed by atoms with E-state index < -0.39 is 10.0 Å². The minimum absolute atomic E-state index is 0.127. The number of carbonyl (C=O) groups excluding carboxylic acids is 1. The molecular weight excluding hydrogens is 400 g/mol. The molecule has 0 atom stereocenters. The fraction of sp³-hybridized carbons (Fsp3) is 0.409. The van der Waals surface area contributed by atoms with Crippen LogP contribution in [0.3, 0.4) is 0 Å². The van der Waals surface area contributed by atoms with Gasteiger partial charge in [-0.25, -0.2) is 13.2 Å². The summed E-state index contributed by atoms with van der Waals surface area (Å²) >= 11 is 0. The largest absolute Gasteiger partial charge is 0.325 e. The van der Waals surface area contributed by atoms with Crippen LogP contribution < -0.4 is 5.32 Å². The number of benzene rings is 2. The van der Waals surface area contributed by atoms with Gasteiger partial charge in [-0.15, -0.1) is 0 Å². The maximum absolute atomic E-state index is 13.0. The molecule has 0 saturated carbocycles. The minimum Gasteiger partial charge on any atom is -0.325 e. The fourth-order valence-electron chi connectivity index (χ4n) is 3.95. The number of anilines is 1. The Balaban J connectivity index is 1.33. The predicted molar refractivity (Wildman–Crippen MR) is 117 cm³/mol. The van der Waals surface area contributed by atoms with Crippen LogP contribution in [0.1, 0.15) is 18.4 Å². The summed E-state index contributed by atoms with van der Waals surface area (Å²) in [6.07, 6.45) is 2.06. The number of hydrogen-bond donors (Lipinski definition) is 1. The first-order valence-corrected chi connectivity index (χ1v) is 11.9. The van der Waals surface area contributed by atoms with Gasteiger partial charge < -0.3 is 10.2 Å². The third kappa shape index (κ3) is 4.83. The van der Waals surface area contributed by atoms with Crippen molar-refractivity contribution >= 4 is 21.7 Å². The SMILES string of the molecule is O=C(Nc1ccc(S(=O)(=O)N2CCN(Cc3ccccc3)CC2)cc1)N1CCCC1. The fourth-order valence-corrected chi connectivity index (χ4v) is 5.37. The summed E-state index contributed by atoms with van der Waals surface area (Å²) < 4.78 is 27.6. The van der Waals surface area contributed by atoms with Crippen LogP contribution in [0.25, 0.3) is 0 Å². The van der Waals surface area contributed by atoms with Crippen LogP contribution in [0.5, 0.6) is 0 Å². The van der Waals surface area contributed by atoms with Crippen molar-refractivity contribution in [2.45, 2.75) is 24.3 Å². The number of urea groups is 1. The lowest BCUT2D eigenvalue weighted by atomic mass is 10.2. The molecule has 2 aromatic rings. The van der Waals surface area contributed by atoms with Crippen LogP contribution in [-0.2, 0) is 16.6 Å². The Morgan fingerprint density at radius 3 is 2.10 bits per heavy atom. The van der Waals surface area contributed by atoms with Crippen molar-refractivity contribution in [1.29, 1.82) is 0 Å². The zero-order chi connectivity index (χ0) is 21.0. The van der Waals surface area contributed by atoms with Crippen molar-refractivity contribution in [2.75, 3.05) is 44.6 Å². The number of piperazine rings is 1. The van der Waals surface area contributed by atoms with Crippen LogP contribution in [-0.4, -0.2) is 67.8 Å². The third-order valence-corrected chi connectivity index (χ3v) is 7.63. The van der Waals surface area contributed by atoms with E-state index in [1.807, 2.05) is 18.2 Å². The van der Waals surface area contributed by atoms with Gasteiger partial charge in [0.2, 0.25) is 10.0 Å². The molecule has 0 aliphatic carbocycles. The van der Waals surface area contributed by atoms with Crippen LogP contribution in [0.15, 0.2) is 59.5 Å². The average Bonchev–Trinajstić information content (AvgIpc) is 3.30. The van der Waals surface area contributed by atoms with E-state index in [2.05, 4.69) is 22.3 Å². The molecule has 0 bridgehead atoms. The Labute approximate surface area is 178 Å². The lowest BCUT2D eigenvalue weighted by Crippen LogP contribution is -2.48. The van der Waals surface area contributed by atoms with Gasteiger partial charge in [-0.2, -0.15) is 4.31 Å². The van der Waals surface area contributed by atoms with Gasteiger partial charge >= 0.3 is 6.03 Å². The molecule has 160 valence electrons. The topological polar surface area (TPSA) is 73.0 Å². The molecule has 0 radical (unpaired) electrons. The summed E-state index contributed by atoms with van der Waals surface area (Å²) in [5.41, 5.74) is 1.85. The Morgan fingerprint density at radius 2 is 1.47 bits per heavy atom. The highest BCUT2D eigenvalue weighted by Crippen LogP contribution is 2.21. The Hall–Kier alpha value is -2.42. The van der Waals surface area contributed by atoms with E-state index in [4.69, 9.17) is 0 Å². The lowest BCUT2D eigenvalue weighted by molar-refractivity contribution is 0.181. The van der Waals surface area contributed by atoms with Crippen LogP contribution >= 0.6 is 0 Å². The van der Waals surface area contributed by atoms with E-state index in [0.717, 1.165) is 32.5 Å². The van der Waals surface area contributed by atoms with Crippen LogP contribution in [0.4, 0.5) is 10.5 Å². The number of amides is 2.